The second-order valence-corrected chi connectivity index (χ2v) is 6.00. The third-order valence-corrected chi connectivity index (χ3v) is 4.48. The number of nitrogens with zero attached hydrogens (tertiary/aromatic N) is 2. The van der Waals surface area contributed by atoms with Crippen LogP contribution >= 0.6 is 15.9 Å². The topological polar surface area (TPSA) is 105 Å². The Morgan fingerprint density at radius 3 is 2.84 bits per heavy atom. The monoisotopic (exact) mass is 347 g/mol. The number of furan rings is 1. The first-order valence-corrected chi connectivity index (χ1v) is 7.46. The lowest BCUT2D eigenvalue weighted by molar-refractivity contribution is 0.245. The van der Waals surface area contributed by atoms with Gasteiger partial charge in [0.2, 0.25) is 10.0 Å². The summed E-state index contributed by atoms with van der Waals surface area (Å²) in [7, 11) is -3.75. The molecule has 0 aliphatic heterocycles. The molecular formula is C10H10BrN3O4S. The van der Waals surface area contributed by atoms with Crippen LogP contribution in [0.4, 0.5) is 0 Å². The van der Waals surface area contributed by atoms with E-state index in [4.69, 9.17) is 9.52 Å². The molecule has 0 aliphatic carbocycles. The Bertz CT molecular complexity index is 657. The van der Waals surface area contributed by atoms with E-state index in [1.165, 1.54) is 12.3 Å². The van der Waals surface area contributed by atoms with Crippen molar-refractivity contribution in [1.29, 1.82) is 0 Å². The lowest BCUT2D eigenvalue weighted by atomic mass is 10.4. The third kappa shape index (κ3) is 3.38. The van der Waals surface area contributed by atoms with Crippen molar-refractivity contribution < 1.29 is 17.9 Å². The molecule has 0 atom stereocenters. The smallest absolute Gasteiger partial charge is 0.245 e. The van der Waals surface area contributed by atoms with E-state index in [1.54, 1.807) is 12.1 Å². The van der Waals surface area contributed by atoms with Crippen LogP contribution in [-0.2, 0) is 23.2 Å². The van der Waals surface area contributed by atoms with E-state index < -0.39 is 10.0 Å². The van der Waals surface area contributed by atoms with Gasteiger partial charge in [-0.05, 0) is 28.1 Å². The average molecular weight is 348 g/mol. The standard InChI is InChI=1S/C10H10BrN3O4S/c11-10-9(4-8(6-15)18-10)19(16,17)13-5-7-2-1-3-12-14-7/h1-4,13,15H,5-6H2. The van der Waals surface area contributed by atoms with Gasteiger partial charge in [-0.2, -0.15) is 10.2 Å². The van der Waals surface area contributed by atoms with E-state index in [2.05, 4.69) is 30.8 Å². The summed E-state index contributed by atoms with van der Waals surface area (Å²) in [6, 6.07) is 4.57. The Morgan fingerprint density at radius 1 is 1.47 bits per heavy atom. The molecule has 0 saturated heterocycles. The number of nitrogens with one attached hydrogen (secondary N) is 1. The van der Waals surface area contributed by atoms with Crippen molar-refractivity contribution in [3.63, 3.8) is 0 Å². The molecule has 2 aromatic heterocycles. The predicted molar refractivity (Wildman–Crippen MR) is 68.4 cm³/mol. The summed E-state index contributed by atoms with van der Waals surface area (Å²) in [5, 5.41) is 16.3. The lowest BCUT2D eigenvalue weighted by Crippen LogP contribution is -2.23. The van der Waals surface area contributed by atoms with Gasteiger partial charge in [0.05, 0.1) is 12.2 Å². The molecular weight excluding hydrogens is 338 g/mol. The molecule has 0 spiro atoms. The van der Waals surface area contributed by atoms with Gasteiger partial charge in [0, 0.05) is 12.3 Å². The van der Waals surface area contributed by atoms with Crippen LogP contribution in [0.25, 0.3) is 0 Å². The van der Waals surface area contributed by atoms with Crippen LogP contribution in [0.5, 0.6) is 0 Å². The molecule has 0 amide bonds. The van der Waals surface area contributed by atoms with Crippen LogP contribution in [0.2, 0.25) is 0 Å². The maximum atomic E-state index is 12.0. The van der Waals surface area contributed by atoms with Crippen molar-refractivity contribution in [2.75, 3.05) is 0 Å². The zero-order chi connectivity index (χ0) is 13.9. The highest BCUT2D eigenvalue weighted by molar-refractivity contribution is 9.10. The van der Waals surface area contributed by atoms with Crippen LogP contribution in [0, 0.1) is 0 Å². The van der Waals surface area contributed by atoms with Crippen molar-refractivity contribution in [3.8, 4) is 0 Å². The first-order chi connectivity index (χ1) is 9.03. The Kier molecular flexibility index (Phi) is 4.30. The molecule has 0 bridgehead atoms. The van der Waals surface area contributed by atoms with Gasteiger partial charge in [-0.3, -0.25) is 0 Å². The number of rotatable bonds is 5. The maximum absolute atomic E-state index is 12.0. The molecule has 2 rings (SSSR count). The fourth-order valence-electron chi connectivity index (χ4n) is 1.33. The van der Waals surface area contributed by atoms with Crippen LogP contribution < -0.4 is 4.72 Å². The summed E-state index contributed by atoms with van der Waals surface area (Å²) >= 11 is 3.00. The Balaban J connectivity index is 2.16. The number of aliphatic hydroxyl groups excluding tert-OH is 1. The highest BCUT2D eigenvalue weighted by Gasteiger charge is 2.22. The first-order valence-electron chi connectivity index (χ1n) is 5.18. The van der Waals surface area contributed by atoms with E-state index in [1.807, 2.05) is 0 Å². The van der Waals surface area contributed by atoms with Gasteiger partial charge in [0.1, 0.15) is 17.3 Å². The van der Waals surface area contributed by atoms with Crippen molar-refractivity contribution in [1.82, 2.24) is 14.9 Å². The van der Waals surface area contributed by atoms with Crippen molar-refractivity contribution in [3.05, 3.63) is 40.5 Å². The Morgan fingerprint density at radius 2 is 2.26 bits per heavy atom. The number of halogens is 1. The molecule has 0 radical (unpaired) electrons. The molecule has 2 heterocycles. The Hall–Kier alpha value is -1.29. The molecule has 19 heavy (non-hydrogen) atoms. The summed E-state index contributed by atoms with van der Waals surface area (Å²) in [6.07, 6.45) is 1.50. The van der Waals surface area contributed by atoms with E-state index in [0.29, 0.717) is 5.69 Å². The Labute approximate surface area is 117 Å². The summed E-state index contributed by atoms with van der Waals surface area (Å²) in [5.41, 5.74) is 0.494. The number of sulfonamides is 1. The van der Waals surface area contributed by atoms with Gasteiger partial charge in [-0.15, -0.1) is 0 Å². The van der Waals surface area contributed by atoms with Crippen LogP contribution in [0.15, 0.2) is 38.4 Å². The van der Waals surface area contributed by atoms with Crippen LogP contribution in [0.1, 0.15) is 11.5 Å². The lowest BCUT2D eigenvalue weighted by Gasteiger charge is -2.03. The van der Waals surface area contributed by atoms with Gasteiger partial charge in [-0.25, -0.2) is 13.1 Å². The third-order valence-electron chi connectivity index (χ3n) is 2.22. The average Bonchev–Trinajstić information content (AvgIpc) is 2.80. The minimum atomic E-state index is -3.75. The molecule has 102 valence electrons. The molecule has 7 nitrogen and oxygen atoms in total. The SMILES string of the molecule is O=S(=O)(NCc1cccnn1)c1cc(CO)oc1Br. The molecule has 2 aromatic rings. The number of hydrogen-bond acceptors (Lipinski definition) is 6. The summed E-state index contributed by atoms with van der Waals surface area (Å²) in [5.74, 6) is 0.159. The summed E-state index contributed by atoms with van der Waals surface area (Å²) in [4.78, 5) is -0.0690. The highest BCUT2D eigenvalue weighted by atomic mass is 79.9. The summed E-state index contributed by atoms with van der Waals surface area (Å²) < 4.78 is 31.5. The van der Waals surface area contributed by atoms with Gasteiger partial charge in [0.25, 0.3) is 0 Å². The second kappa shape index (κ2) is 5.78. The second-order valence-electron chi connectivity index (χ2n) is 3.55. The van der Waals surface area contributed by atoms with E-state index >= 15 is 0 Å². The zero-order valence-electron chi connectivity index (χ0n) is 9.58. The first kappa shape index (κ1) is 14.1. The normalized spacial score (nSPS) is 11.7. The molecule has 2 N–H and O–H groups in total. The van der Waals surface area contributed by atoms with Gasteiger partial charge in [0.15, 0.2) is 4.67 Å². The molecule has 0 fully saturated rings. The quantitative estimate of drug-likeness (QED) is 0.828. The largest absolute Gasteiger partial charge is 0.450 e. The van der Waals surface area contributed by atoms with E-state index in [-0.39, 0.29) is 28.5 Å². The predicted octanol–water partition coefficient (Wildman–Crippen LogP) is 0.803. The highest BCUT2D eigenvalue weighted by Crippen LogP contribution is 2.26. The molecule has 0 saturated carbocycles. The molecule has 0 aliphatic rings. The van der Waals surface area contributed by atoms with Gasteiger partial charge in [-0.1, -0.05) is 0 Å². The van der Waals surface area contributed by atoms with Crippen LogP contribution in [-0.4, -0.2) is 23.7 Å². The molecule has 0 aromatic carbocycles. The van der Waals surface area contributed by atoms with Gasteiger partial charge >= 0.3 is 0 Å². The fourth-order valence-corrected chi connectivity index (χ4v) is 3.33. The van der Waals surface area contributed by atoms with E-state index in [9.17, 15) is 8.42 Å². The van der Waals surface area contributed by atoms with Crippen molar-refractivity contribution in [2.45, 2.75) is 18.0 Å². The minimum absolute atomic E-state index is 0.0161. The number of hydrogen-bond donors (Lipinski definition) is 2. The molecule has 9 heteroatoms. The van der Waals surface area contributed by atoms with Crippen molar-refractivity contribution >= 4 is 26.0 Å². The molecule has 0 unspecified atom stereocenters. The zero-order valence-corrected chi connectivity index (χ0v) is 12.0. The maximum Gasteiger partial charge on any atom is 0.245 e. The summed E-state index contributed by atoms with van der Waals surface area (Å²) in [6.45, 7) is -0.361. The minimum Gasteiger partial charge on any atom is -0.450 e. The fraction of sp³-hybridized carbons (Fsp3) is 0.200. The van der Waals surface area contributed by atoms with E-state index in [0.717, 1.165) is 0 Å². The van der Waals surface area contributed by atoms with Gasteiger partial charge < -0.3 is 9.52 Å². The van der Waals surface area contributed by atoms with Crippen LogP contribution in [0.3, 0.4) is 0 Å². The van der Waals surface area contributed by atoms with Crippen molar-refractivity contribution in [2.24, 2.45) is 0 Å². The number of aliphatic hydroxyl groups is 1. The number of aromatic nitrogens is 2.